The van der Waals surface area contributed by atoms with Gasteiger partial charge in [-0.2, -0.15) is 8.78 Å². The molecule has 0 saturated heterocycles. The molecular formula is C12H15F4NO. The van der Waals surface area contributed by atoms with Crippen molar-refractivity contribution in [2.75, 3.05) is 13.7 Å². The van der Waals surface area contributed by atoms with Gasteiger partial charge < -0.3 is 10.1 Å². The van der Waals surface area contributed by atoms with Crippen molar-refractivity contribution in [2.45, 2.75) is 25.3 Å². The molecule has 0 fully saturated rings. The summed E-state index contributed by atoms with van der Waals surface area (Å²) in [4.78, 5) is 0. The molecule has 0 bridgehead atoms. The molecule has 1 aromatic carbocycles. The van der Waals surface area contributed by atoms with Crippen LogP contribution in [0, 0.1) is 0 Å². The van der Waals surface area contributed by atoms with Crippen LogP contribution in [0.5, 0.6) is 5.75 Å². The number of hydrogen-bond acceptors (Lipinski definition) is 2. The van der Waals surface area contributed by atoms with Crippen LogP contribution in [0.2, 0.25) is 0 Å². The Kier molecular flexibility index (Phi) is 4.95. The second-order valence-corrected chi connectivity index (χ2v) is 3.74. The highest BCUT2D eigenvalue weighted by Crippen LogP contribution is 2.36. The fourth-order valence-electron chi connectivity index (χ4n) is 1.60. The number of rotatable bonds is 6. The van der Waals surface area contributed by atoms with Crippen LogP contribution in [0.4, 0.5) is 17.6 Å². The van der Waals surface area contributed by atoms with Crippen molar-refractivity contribution in [2.24, 2.45) is 0 Å². The third-order valence-corrected chi connectivity index (χ3v) is 2.53. The number of hydrogen-bond donors (Lipinski definition) is 1. The van der Waals surface area contributed by atoms with Crippen molar-refractivity contribution in [1.29, 1.82) is 0 Å². The number of halogens is 4. The highest BCUT2D eigenvalue weighted by atomic mass is 19.3. The minimum Gasteiger partial charge on any atom is -0.497 e. The number of methoxy groups -OCH3 is 1. The van der Waals surface area contributed by atoms with E-state index in [-0.39, 0.29) is 12.1 Å². The number of alkyl halides is 4. The topological polar surface area (TPSA) is 21.3 Å². The SMILES string of the molecule is CCNC(c1ccc(OC)cc1)C(F)(F)C(F)F. The molecule has 1 N–H and O–H groups in total. The third-order valence-electron chi connectivity index (χ3n) is 2.53. The van der Waals surface area contributed by atoms with E-state index in [1.807, 2.05) is 0 Å². The van der Waals surface area contributed by atoms with E-state index in [2.05, 4.69) is 5.32 Å². The lowest BCUT2D eigenvalue weighted by atomic mass is 10.0. The van der Waals surface area contributed by atoms with Gasteiger partial charge in [0, 0.05) is 0 Å². The summed E-state index contributed by atoms with van der Waals surface area (Å²) in [5.41, 5.74) is 0.1000. The summed E-state index contributed by atoms with van der Waals surface area (Å²) < 4.78 is 56.5. The van der Waals surface area contributed by atoms with Crippen LogP contribution in [0.1, 0.15) is 18.5 Å². The Hall–Kier alpha value is -1.30. The monoisotopic (exact) mass is 265 g/mol. The zero-order valence-corrected chi connectivity index (χ0v) is 10.1. The zero-order valence-electron chi connectivity index (χ0n) is 10.1. The van der Waals surface area contributed by atoms with E-state index in [1.54, 1.807) is 6.92 Å². The molecule has 1 atom stereocenters. The molecule has 0 aromatic heterocycles. The summed E-state index contributed by atoms with van der Waals surface area (Å²) in [5.74, 6) is -3.64. The largest absolute Gasteiger partial charge is 0.497 e. The van der Waals surface area contributed by atoms with Crippen molar-refractivity contribution in [3.8, 4) is 5.75 Å². The van der Waals surface area contributed by atoms with Gasteiger partial charge in [-0.25, -0.2) is 8.78 Å². The van der Waals surface area contributed by atoms with E-state index >= 15 is 0 Å². The lowest BCUT2D eigenvalue weighted by Crippen LogP contribution is -2.42. The van der Waals surface area contributed by atoms with Crippen LogP contribution in [0.3, 0.4) is 0 Å². The van der Waals surface area contributed by atoms with E-state index in [9.17, 15) is 17.6 Å². The summed E-state index contributed by atoms with van der Waals surface area (Å²) in [6.45, 7) is 1.75. The van der Waals surface area contributed by atoms with Gasteiger partial charge in [-0.05, 0) is 24.2 Å². The number of benzene rings is 1. The van der Waals surface area contributed by atoms with Crippen molar-refractivity contribution < 1.29 is 22.3 Å². The molecule has 1 unspecified atom stereocenters. The molecule has 0 heterocycles. The molecule has 18 heavy (non-hydrogen) atoms. The van der Waals surface area contributed by atoms with Gasteiger partial charge in [0.25, 0.3) is 0 Å². The van der Waals surface area contributed by atoms with Gasteiger partial charge in [0.2, 0.25) is 0 Å². The molecule has 2 nitrogen and oxygen atoms in total. The lowest BCUT2D eigenvalue weighted by molar-refractivity contribution is -0.151. The fourth-order valence-corrected chi connectivity index (χ4v) is 1.60. The molecule has 0 spiro atoms. The average Bonchev–Trinajstić information content (AvgIpc) is 2.35. The van der Waals surface area contributed by atoms with Crippen LogP contribution >= 0.6 is 0 Å². The minimum atomic E-state index is -4.12. The van der Waals surface area contributed by atoms with Crippen LogP contribution < -0.4 is 10.1 Å². The Bertz CT molecular complexity index is 367. The summed E-state index contributed by atoms with van der Waals surface area (Å²) >= 11 is 0. The molecule has 0 aliphatic carbocycles. The summed E-state index contributed by atoms with van der Waals surface area (Å²) in [6, 6.07) is 3.90. The first-order valence-corrected chi connectivity index (χ1v) is 5.46. The fraction of sp³-hybridized carbons (Fsp3) is 0.500. The molecular weight excluding hydrogens is 250 g/mol. The van der Waals surface area contributed by atoms with Crippen LogP contribution in [-0.4, -0.2) is 26.0 Å². The average molecular weight is 265 g/mol. The highest BCUT2D eigenvalue weighted by Gasteiger charge is 2.49. The maximum atomic E-state index is 13.4. The minimum absolute atomic E-state index is 0.1000. The maximum absolute atomic E-state index is 13.4. The predicted molar refractivity (Wildman–Crippen MR) is 60.4 cm³/mol. The predicted octanol–water partition coefficient (Wildman–Crippen LogP) is 3.25. The quantitative estimate of drug-likeness (QED) is 0.797. The van der Waals surface area contributed by atoms with E-state index in [0.717, 1.165) is 0 Å². The zero-order chi connectivity index (χ0) is 13.8. The normalized spacial score (nSPS) is 13.7. The Balaban J connectivity index is 3.03. The number of nitrogens with one attached hydrogen (secondary N) is 1. The van der Waals surface area contributed by atoms with Gasteiger partial charge in [-0.1, -0.05) is 19.1 Å². The first kappa shape index (κ1) is 14.8. The molecule has 0 amide bonds. The second-order valence-electron chi connectivity index (χ2n) is 3.74. The molecule has 6 heteroatoms. The van der Waals surface area contributed by atoms with E-state index < -0.39 is 18.4 Å². The standard InChI is InChI=1S/C12H15F4NO/c1-3-17-10(12(15,16)11(13)14)8-4-6-9(18-2)7-5-8/h4-7,10-11,17H,3H2,1-2H3. The maximum Gasteiger partial charge on any atom is 0.326 e. The van der Waals surface area contributed by atoms with Gasteiger partial charge in [0.05, 0.1) is 7.11 Å². The molecule has 0 aliphatic heterocycles. The Morgan fingerprint density at radius 2 is 1.78 bits per heavy atom. The van der Waals surface area contributed by atoms with Crippen LogP contribution in [0.25, 0.3) is 0 Å². The second kappa shape index (κ2) is 6.04. The van der Waals surface area contributed by atoms with E-state index in [0.29, 0.717) is 5.75 Å². The van der Waals surface area contributed by atoms with Gasteiger partial charge in [0.15, 0.2) is 0 Å². The van der Waals surface area contributed by atoms with Gasteiger partial charge >= 0.3 is 12.3 Å². The third kappa shape index (κ3) is 3.13. The summed E-state index contributed by atoms with van der Waals surface area (Å²) in [5, 5.41) is 2.39. The van der Waals surface area contributed by atoms with Gasteiger partial charge in [-0.3, -0.25) is 0 Å². The number of ether oxygens (including phenoxy) is 1. The van der Waals surface area contributed by atoms with Crippen LogP contribution in [0.15, 0.2) is 24.3 Å². The first-order chi connectivity index (χ1) is 8.43. The highest BCUT2D eigenvalue weighted by molar-refractivity contribution is 5.30. The van der Waals surface area contributed by atoms with Crippen molar-refractivity contribution >= 4 is 0 Å². The Labute approximate surface area is 103 Å². The summed E-state index contributed by atoms with van der Waals surface area (Å²) in [6.07, 6.45) is -3.72. The smallest absolute Gasteiger partial charge is 0.326 e. The molecule has 1 rings (SSSR count). The van der Waals surface area contributed by atoms with E-state index in [4.69, 9.17) is 4.74 Å². The van der Waals surface area contributed by atoms with Gasteiger partial charge in [0.1, 0.15) is 11.8 Å². The van der Waals surface area contributed by atoms with Gasteiger partial charge in [-0.15, -0.1) is 0 Å². The summed E-state index contributed by atoms with van der Waals surface area (Å²) in [7, 11) is 1.44. The molecule has 0 aliphatic rings. The molecule has 0 radical (unpaired) electrons. The van der Waals surface area contributed by atoms with Crippen molar-refractivity contribution in [3.63, 3.8) is 0 Å². The Morgan fingerprint density at radius 1 is 1.22 bits per heavy atom. The molecule has 1 aromatic rings. The molecule has 0 saturated carbocycles. The lowest BCUT2D eigenvalue weighted by Gasteiger charge is -2.27. The first-order valence-electron chi connectivity index (χ1n) is 5.46. The van der Waals surface area contributed by atoms with Crippen molar-refractivity contribution in [1.82, 2.24) is 5.32 Å². The van der Waals surface area contributed by atoms with Crippen LogP contribution in [-0.2, 0) is 0 Å². The Morgan fingerprint density at radius 3 is 2.17 bits per heavy atom. The van der Waals surface area contributed by atoms with Crippen molar-refractivity contribution in [3.05, 3.63) is 29.8 Å². The van der Waals surface area contributed by atoms with E-state index in [1.165, 1.54) is 31.4 Å². The molecule has 102 valence electrons.